The lowest BCUT2D eigenvalue weighted by Gasteiger charge is -2.18. The molecular formula is C19H17ClN4O. The number of aromatic nitrogens is 3. The minimum absolute atomic E-state index is 0.0216. The molecule has 1 fully saturated rings. The van der Waals surface area contributed by atoms with Gasteiger partial charge in [0.2, 0.25) is 0 Å². The van der Waals surface area contributed by atoms with Gasteiger partial charge in [0.1, 0.15) is 0 Å². The summed E-state index contributed by atoms with van der Waals surface area (Å²) in [6.45, 7) is 0. The second-order valence-electron chi connectivity index (χ2n) is 6.19. The van der Waals surface area contributed by atoms with Gasteiger partial charge in [-0.3, -0.25) is 4.79 Å². The first-order valence-electron chi connectivity index (χ1n) is 8.25. The third-order valence-electron chi connectivity index (χ3n) is 4.32. The molecule has 1 aliphatic rings. The standard InChI is InChI=1S/C19H17ClN4O/c20-15-10-8-14(9-11-15)18(13-6-7-13)22-19(25)17-12-21-24(23-17)16-4-2-1-3-5-16/h1-5,8-13,18H,6-7H2,(H,22,25). The Labute approximate surface area is 150 Å². The van der Waals surface area contributed by atoms with Crippen molar-refractivity contribution in [1.29, 1.82) is 0 Å². The summed E-state index contributed by atoms with van der Waals surface area (Å²) >= 11 is 5.97. The lowest BCUT2D eigenvalue weighted by molar-refractivity contribution is 0.0926. The van der Waals surface area contributed by atoms with Crippen LogP contribution in [0.25, 0.3) is 5.69 Å². The number of hydrogen-bond donors (Lipinski definition) is 1. The van der Waals surface area contributed by atoms with Crippen LogP contribution in [-0.2, 0) is 0 Å². The summed E-state index contributed by atoms with van der Waals surface area (Å²) in [5.41, 5.74) is 2.19. The Balaban J connectivity index is 1.52. The quantitative estimate of drug-likeness (QED) is 0.759. The first-order valence-corrected chi connectivity index (χ1v) is 8.62. The minimum atomic E-state index is -0.214. The second-order valence-corrected chi connectivity index (χ2v) is 6.63. The van der Waals surface area contributed by atoms with Crippen LogP contribution in [0.15, 0.2) is 60.8 Å². The van der Waals surface area contributed by atoms with Crippen molar-refractivity contribution in [1.82, 2.24) is 20.3 Å². The number of halogens is 1. The van der Waals surface area contributed by atoms with Crippen LogP contribution >= 0.6 is 11.6 Å². The van der Waals surface area contributed by atoms with Crippen molar-refractivity contribution in [2.75, 3.05) is 0 Å². The molecule has 0 spiro atoms. The zero-order valence-corrected chi connectivity index (χ0v) is 14.2. The van der Waals surface area contributed by atoms with Crippen molar-refractivity contribution in [3.05, 3.63) is 77.1 Å². The van der Waals surface area contributed by atoms with Crippen molar-refractivity contribution >= 4 is 17.5 Å². The smallest absolute Gasteiger partial charge is 0.273 e. The highest BCUT2D eigenvalue weighted by Gasteiger charge is 2.34. The summed E-state index contributed by atoms with van der Waals surface area (Å²) in [6.07, 6.45) is 3.72. The maximum Gasteiger partial charge on any atom is 0.273 e. The third-order valence-corrected chi connectivity index (χ3v) is 4.57. The molecule has 6 heteroatoms. The van der Waals surface area contributed by atoms with Crippen molar-refractivity contribution in [3.63, 3.8) is 0 Å². The average Bonchev–Trinajstić information content (AvgIpc) is 3.36. The fraction of sp³-hybridized carbons (Fsp3) is 0.211. The SMILES string of the molecule is O=C(NC(c1ccc(Cl)cc1)C1CC1)c1cnn(-c2ccccc2)n1. The highest BCUT2D eigenvalue weighted by Crippen LogP contribution is 2.41. The number of benzene rings is 2. The van der Waals surface area contributed by atoms with Gasteiger partial charge in [-0.15, -0.1) is 5.10 Å². The van der Waals surface area contributed by atoms with Crippen LogP contribution in [0.4, 0.5) is 0 Å². The highest BCUT2D eigenvalue weighted by molar-refractivity contribution is 6.30. The predicted molar refractivity (Wildman–Crippen MR) is 95.7 cm³/mol. The first kappa shape index (κ1) is 15.8. The summed E-state index contributed by atoms with van der Waals surface area (Å²) in [4.78, 5) is 14.1. The van der Waals surface area contributed by atoms with Gasteiger partial charge in [-0.1, -0.05) is 41.9 Å². The first-order chi connectivity index (χ1) is 12.2. The van der Waals surface area contributed by atoms with Crippen molar-refractivity contribution in [2.24, 2.45) is 5.92 Å². The van der Waals surface area contributed by atoms with E-state index in [1.807, 2.05) is 54.6 Å². The molecule has 1 aliphatic carbocycles. The fourth-order valence-electron chi connectivity index (χ4n) is 2.84. The van der Waals surface area contributed by atoms with Gasteiger partial charge in [-0.2, -0.15) is 9.90 Å². The van der Waals surface area contributed by atoms with Gasteiger partial charge in [0.15, 0.2) is 5.69 Å². The van der Waals surface area contributed by atoms with E-state index in [9.17, 15) is 4.79 Å². The van der Waals surface area contributed by atoms with Gasteiger partial charge in [0, 0.05) is 5.02 Å². The Kier molecular flexibility index (Phi) is 4.24. The second kappa shape index (κ2) is 6.69. The van der Waals surface area contributed by atoms with E-state index < -0.39 is 0 Å². The average molecular weight is 353 g/mol. The lowest BCUT2D eigenvalue weighted by atomic mass is 10.0. The molecule has 1 atom stereocenters. The van der Waals surface area contributed by atoms with Gasteiger partial charge in [-0.25, -0.2) is 0 Å². The molecule has 1 aromatic heterocycles. The summed E-state index contributed by atoms with van der Waals surface area (Å²) in [5, 5.41) is 12.3. The minimum Gasteiger partial charge on any atom is -0.344 e. The Bertz CT molecular complexity index is 872. The summed E-state index contributed by atoms with van der Waals surface area (Å²) in [5.74, 6) is 0.253. The van der Waals surface area contributed by atoms with E-state index in [0.29, 0.717) is 16.6 Å². The molecule has 5 nitrogen and oxygen atoms in total. The van der Waals surface area contributed by atoms with Crippen LogP contribution in [0.3, 0.4) is 0 Å². The van der Waals surface area contributed by atoms with Crippen molar-refractivity contribution in [2.45, 2.75) is 18.9 Å². The van der Waals surface area contributed by atoms with Crippen molar-refractivity contribution < 1.29 is 4.79 Å². The Morgan fingerprint density at radius 2 is 1.84 bits per heavy atom. The Morgan fingerprint density at radius 3 is 2.52 bits per heavy atom. The number of carbonyl (C=O) groups excluding carboxylic acids is 1. The lowest BCUT2D eigenvalue weighted by Crippen LogP contribution is -2.30. The molecular weight excluding hydrogens is 336 g/mol. The molecule has 4 rings (SSSR count). The van der Waals surface area contributed by atoms with Gasteiger partial charge in [0.25, 0.3) is 5.91 Å². The molecule has 0 bridgehead atoms. The molecule has 126 valence electrons. The molecule has 3 aromatic rings. The van der Waals surface area contributed by atoms with E-state index in [-0.39, 0.29) is 11.9 Å². The summed E-state index contributed by atoms with van der Waals surface area (Å²) < 4.78 is 0. The normalized spacial score (nSPS) is 14.9. The van der Waals surface area contributed by atoms with Crippen LogP contribution in [-0.4, -0.2) is 20.9 Å². The fourth-order valence-corrected chi connectivity index (χ4v) is 2.97. The topological polar surface area (TPSA) is 59.8 Å². The predicted octanol–water partition coefficient (Wildman–Crippen LogP) is 3.80. The molecule has 1 unspecified atom stereocenters. The van der Waals surface area contributed by atoms with E-state index >= 15 is 0 Å². The van der Waals surface area contributed by atoms with Crippen LogP contribution in [0.2, 0.25) is 5.02 Å². The van der Waals surface area contributed by atoms with Gasteiger partial charge >= 0.3 is 0 Å². The monoisotopic (exact) mass is 352 g/mol. The molecule has 0 aliphatic heterocycles. The highest BCUT2D eigenvalue weighted by atomic mass is 35.5. The molecule has 2 aromatic carbocycles. The zero-order valence-electron chi connectivity index (χ0n) is 13.5. The van der Waals surface area contributed by atoms with E-state index in [2.05, 4.69) is 15.5 Å². The maximum absolute atomic E-state index is 12.6. The van der Waals surface area contributed by atoms with E-state index in [1.54, 1.807) is 0 Å². The van der Waals surface area contributed by atoms with Gasteiger partial charge in [0.05, 0.1) is 17.9 Å². The molecule has 1 amide bonds. The number of nitrogens with zero attached hydrogens (tertiary/aromatic N) is 3. The Morgan fingerprint density at radius 1 is 1.12 bits per heavy atom. The molecule has 1 saturated carbocycles. The number of nitrogens with one attached hydrogen (secondary N) is 1. The zero-order chi connectivity index (χ0) is 17.2. The van der Waals surface area contributed by atoms with Crippen LogP contribution < -0.4 is 5.32 Å². The summed E-state index contributed by atoms with van der Waals surface area (Å²) in [6, 6.07) is 17.1. The van der Waals surface area contributed by atoms with Crippen LogP contribution in [0.5, 0.6) is 0 Å². The van der Waals surface area contributed by atoms with Crippen molar-refractivity contribution in [3.8, 4) is 5.69 Å². The number of amides is 1. The van der Waals surface area contributed by atoms with E-state index in [4.69, 9.17) is 11.6 Å². The Hall–Kier alpha value is -2.66. The molecule has 1 heterocycles. The number of rotatable bonds is 5. The molecule has 0 saturated heterocycles. The third kappa shape index (κ3) is 3.56. The van der Waals surface area contributed by atoms with E-state index in [0.717, 1.165) is 24.1 Å². The largest absolute Gasteiger partial charge is 0.344 e. The maximum atomic E-state index is 12.6. The van der Waals surface area contributed by atoms with Crippen LogP contribution in [0, 0.1) is 5.92 Å². The molecule has 25 heavy (non-hydrogen) atoms. The number of para-hydroxylation sites is 1. The summed E-state index contributed by atoms with van der Waals surface area (Å²) in [7, 11) is 0. The van der Waals surface area contributed by atoms with Crippen LogP contribution in [0.1, 0.15) is 34.9 Å². The molecule has 1 N–H and O–H groups in total. The van der Waals surface area contributed by atoms with E-state index in [1.165, 1.54) is 11.0 Å². The number of carbonyl (C=O) groups is 1. The number of hydrogen-bond acceptors (Lipinski definition) is 3. The molecule has 0 radical (unpaired) electrons. The van der Waals surface area contributed by atoms with Gasteiger partial charge < -0.3 is 5.32 Å². The van der Waals surface area contributed by atoms with Gasteiger partial charge in [-0.05, 0) is 48.6 Å².